The molecule has 2 heterocycles. The number of carbonyl (C=O) groups is 1. The van der Waals surface area contributed by atoms with Gasteiger partial charge < -0.3 is 4.74 Å². The Morgan fingerprint density at radius 3 is 3.17 bits per heavy atom. The Bertz CT molecular complexity index is 197. The van der Waals surface area contributed by atoms with E-state index >= 15 is 0 Å². The zero-order chi connectivity index (χ0) is 8.55. The number of nitrogens with zero attached hydrogens (tertiary/aromatic N) is 2. The molecule has 2 aliphatic rings. The molecule has 0 aromatic rings. The first-order valence-electron chi connectivity index (χ1n) is 4.17. The van der Waals surface area contributed by atoms with Gasteiger partial charge in [0.25, 0.3) is 0 Å². The molecule has 1 atom stereocenters. The number of nitrogens with one attached hydrogen (secondary N) is 1. The van der Waals surface area contributed by atoms with Crippen molar-refractivity contribution in [2.24, 2.45) is 0 Å². The molecule has 0 bridgehead atoms. The molecule has 2 saturated heterocycles. The number of hydrazine groups is 1. The third-order valence-electron chi connectivity index (χ3n) is 2.43. The quantitative estimate of drug-likeness (QED) is 0.564. The average Bonchev–Trinajstić information content (AvgIpc) is 2.47. The van der Waals surface area contributed by atoms with E-state index < -0.39 is 0 Å². The highest BCUT2D eigenvalue weighted by atomic mass is 16.6. The summed E-state index contributed by atoms with van der Waals surface area (Å²) in [5.74, 6) is 0. The van der Waals surface area contributed by atoms with E-state index in [0.717, 1.165) is 19.6 Å². The number of cyclic esters (lactones) is 1. The third-order valence-corrected chi connectivity index (χ3v) is 2.43. The van der Waals surface area contributed by atoms with Gasteiger partial charge in [-0.15, -0.1) is 0 Å². The molecule has 5 nitrogen and oxygen atoms in total. The highest BCUT2D eigenvalue weighted by molar-refractivity contribution is 5.70. The lowest BCUT2D eigenvalue weighted by Gasteiger charge is -2.34. The highest BCUT2D eigenvalue weighted by Gasteiger charge is 2.36. The molecule has 2 aliphatic heterocycles. The first-order chi connectivity index (χ1) is 5.81. The number of fused-ring (bicyclic) bond motifs is 1. The fourth-order valence-electron chi connectivity index (χ4n) is 1.69. The second-order valence-corrected chi connectivity index (χ2v) is 3.09. The van der Waals surface area contributed by atoms with Crippen LogP contribution in [0.25, 0.3) is 0 Å². The van der Waals surface area contributed by atoms with E-state index in [1.165, 1.54) is 0 Å². The molecule has 1 amide bonds. The Kier molecular flexibility index (Phi) is 1.90. The molecule has 0 radical (unpaired) electrons. The van der Waals surface area contributed by atoms with Crippen molar-refractivity contribution in [3.63, 3.8) is 0 Å². The van der Waals surface area contributed by atoms with E-state index in [1.54, 1.807) is 4.90 Å². The Balaban J connectivity index is 1.99. The predicted octanol–water partition coefficient (Wildman–Crippen LogP) is -0.743. The van der Waals surface area contributed by atoms with Gasteiger partial charge in [-0.05, 0) is 7.05 Å². The van der Waals surface area contributed by atoms with Crippen LogP contribution in [0.5, 0.6) is 0 Å². The average molecular weight is 171 g/mol. The molecule has 0 aromatic carbocycles. The van der Waals surface area contributed by atoms with Crippen molar-refractivity contribution in [2.45, 2.75) is 6.04 Å². The van der Waals surface area contributed by atoms with Gasteiger partial charge in [0, 0.05) is 19.6 Å². The molecule has 2 fully saturated rings. The summed E-state index contributed by atoms with van der Waals surface area (Å²) in [6.07, 6.45) is -0.157. The lowest BCUT2D eigenvalue weighted by molar-refractivity contribution is 0.0907. The summed E-state index contributed by atoms with van der Waals surface area (Å²) in [4.78, 5) is 12.9. The number of piperazine rings is 1. The molecule has 0 spiro atoms. The van der Waals surface area contributed by atoms with Gasteiger partial charge >= 0.3 is 6.09 Å². The van der Waals surface area contributed by atoms with Crippen molar-refractivity contribution in [3.05, 3.63) is 0 Å². The second kappa shape index (κ2) is 2.91. The molecule has 0 unspecified atom stereocenters. The van der Waals surface area contributed by atoms with Gasteiger partial charge in [0.2, 0.25) is 0 Å². The van der Waals surface area contributed by atoms with E-state index in [-0.39, 0.29) is 12.1 Å². The lowest BCUT2D eigenvalue weighted by Crippen LogP contribution is -2.55. The Hall–Kier alpha value is -0.810. The molecule has 0 aromatic heterocycles. The molecular weight excluding hydrogens is 158 g/mol. The fourth-order valence-corrected chi connectivity index (χ4v) is 1.69. The summed E-state index contributed by atoms with van der Waals surface area (Å²) >= 11 is 0. The van der Waals surface area contributed by atoms with E-state index in [2.05, 4.69) is 10.4 Å². The molecule has 68 valence electrons. The molecular formula is C7H13N3O2. The van der Waals surface area contributed by atoms with Crippen molar-refractivity contribution < 1.29 is 9.53 Å². The van der Waals surface area contributed by atoms with Crippen molar-refractivity contribution in [2.75, 3.05) is 33.3 Å². The van der Waals surface area contributed by atoms with Crippen LogP contribution < -0.4 is 5.43 Å². The molecule has 12 heavy (non-hydrogen) atoms. The number of hydrogen-bond donors (Lipinski definition) is 1. The standard InChI is InChI=1S/C7H13N3O2/c1-8-9-2-3-10-6(4-9)5-12-7(10)11/h6,8H,2-5H2,1H3/t6-/m0/s1. The van der Waals surface area contributed by atoms with Gasteiger partial charge in [-0.3, -0.25) is 10.3 Å². The van der Waals surface area contributed by atoms with Crippen LogP contribution in [0.2, 0.25) is 0 Å². The molecule has 1 N–H and O–H groups in total. The number of carbonyl (C=O) groups excluding carboxylic acids is 1. The number of ether oxygens (including phenoxy) is 1. The van der Waals surface area contributed by atoms with Crippen LogP contribution >= 0.6 is 0 Å². The van der Waals surface area contributed by atoms with Gasteiger partial charge in [0.15, 0.2) is 0 Å². The summed E-state index contributed by atoms with van der Waals surface area (Å²) in [5.41, 5.74) is 3.07. The molecule has 0 aliphatic carbocycles. The number of rotatable bonds is 1. The Labute approximate surface area is 71.2 Å². The van der Waals surface area contributed by atoms with Crippen molar-refractivity contribution >= 4 is 6.09 Å². The smallest absolute Gasteiger partial charge is 0.410 e. The first-order valence-corrected chi connectivity index (χ1v) is 4.17. The summed E-state index contributed by atoms with van der Waals surface area (Å²) in [6, 6.07) is 0.249. The maximum Gasteiger partial charge on any atom is 0.410 e. The van der Waals surface area contributed by atoms with Crippen LogP contribution in [0, 0.1) is 0 Å². The third kappa shape index (κ3) is 1.15. The van der Waals surface area contributed by atoms with Gasteiger partial charge in [-0.1, -0.05) is 0 Å². The van der Waals surface area contributed by atoms with Crippen molar-refractivity contribution in [1.29, 1.82) is 0 Å². The summed E-state index contributed by atoms with van der Waals surface area (Å²) in [7, 11) is 1.90. The van der Waals surface area contributed by atoms with Crippen LogP contribution in [-0.4, -0.2) is 55.3 Å². The van der Waals surface area contributed by atoms with E-state index in [9.17, 15) is 4.79 Å². The van der Waals surface area contributed by atoms with Crippen LogP contribution in [0.1, 0.15) is 0 Å². The monoisotopic (exact) mass is 171 g/mol. The Morgan fingerprint density at radius 2 is 2.42 bits per heavy atom. The molecule has 0 saturated carbocycles. The van der Waals surface area contributed by atoms with E-state index in [1.807, 2.05) is 7.05 Å². The number of hydrogen-bond acceptors (Lipinski definition) is 4. The minimum atomic E-state index is -0.157. The summed E-state index contributed by atoms with van der Waals surface area (Å²) in [5, 5.41) is 2.10. The minimum absolute atomic E-state index is 0.157. The second-order valence-electron chi connectivity index (χ2n) is 3.09. The largest absolute Gasteiger partial charge is 0.447 e. The minimum Gasteiger partial charge on any atom is -0.447 e. The Morgan fingerprint density at radius 1 is 1.58 bits per heavy atom. The van der Waals surface area contributed by atoms with Gasteiger partial charge in [0.1, 0.15) is 6.61 Å². The normalized spacial score (nSPS) is 30.2. The van der Waals surface area contributed by atoms with Crippen LogP contribution in [-0.2, 0) is 4.74 Å². The topological polar surface area (TPSA) is 44.8 Å². The zero-order valence-corrected chi connectivity index (χ0v) is 7.12. The van der Waals surface area contributed by atoms with E-state index in [4.69, 9.17) is 4.74 Å². The number of amides is 1. The SMILES string of the molecule is CNN1CCN2C(=O)OC[C@@H]2C1. The van der Waals surface area contributed by atoms with Gasteiger partial charge in [0.05, 0.1) is 6.04 Å². The lowest BCUT2D eigenvalue weighted by atomic mass is 10.2. The van der Waals surface area contributed by atoms with Gasteiger partial charge in [-0.25, -0.2) is 9.80 Å². The maximum absolute atomic E-state index is 11.1. The fraction of sp³-hybridized carbons (Fsp3) is 0.857. The van der Waals surface area contributed by atoms with Gasteiger partial charge in [-0.2, -0.15) is 0 Å². The maximum atomic E-state index is 11.1. The summed E-state index contributed by atoms with van der Waals surface area (Å²) in [6.45, 7) is 3.05. The van der Waals surface area contributed by atoms with Crippen LogP contribution in [0.15, 0.2) is 0 Å². The summed E-state index contributed by atoms with van der Waals surface area (Å²) < 4.78 is 4.93. The molecule has 5 heteroatoms. The predicted molar refractivity (Wildman–Crippen MR) is 42.5 cm³/mol. The first kappa shape index (κ1) is 7.82. The van der Waals surface area contributed by atoms with Crippen molar-refractivity contribution in [1.82, 2.24) is 15.3 Å². The highest BCUT2D eigenvalue weighted by Crippen LogP contribution is 2.16. The zero-order valence-electron chi connectivity index (χ0n) is 7.12. The van der Waals surface area contributed by atoms with Crippen molar-refractivity contribution in [3.8, 4) is 0 Å². The van der Waals surface area contributed by atoms with Crippen LogP contribution in [0.4, 0.5) is 4.79 Å². The molecule has 2 rings (SSSR count). The van der Waals surface area contributed by atoms with E-state index in [0.29, 0.717) is 6.61 Å². The van der Waals surface area contributed by atoms with Crippen LogP contribution in [0.3, 0.4) is 0 Å².